The first kappa shape index (κ1) is 17.4. The van der Waals surface area contributed by atoms with Crippen LogP contribution >= 0.6 is 0 Å². The predicted octanol–water partition coefficient (Wildman–Crippen LogP) is 3.64. The highest BCUT2D eigenvalue weighted by Crippen LogP contribution is 2.22. The van der Waals surface area contributed by atoms with Gasteiger partial charge in [0.15, 0.2) is 5.78 Å². The Labute approximate surface area is 151 Å². The van der Waals surface area contributed by atoms with Crippen LogP contribution in [0.5, 0.6) is 5.75 Å². The van der Waals surface area contributed by atoms with Gasteiger partial charge in [0.2, 0.25) is 0 Å². The molecule has 0 bridgehead atoms. The Morgan fingerprint density at radius 3 is 2.58 bits per heavy atom. The third-order valence-corrected chi connectivity index (χ3v) is 3.79. The van der Waals surface area contributed by atoms with Crippen LogP contribution in [0.1, 0.15) is 17.3 Å². The minimum atomic E-state index is -0.333. The smallest absolute Gasteiger partial charge is 0.319 e. The lowest BCUT2D eigenvalue weighted by Crippen LogP contribution is -2.32. The highest BCUT2D eigenvalue weighted by atomic mass is 16.5. The van der Waals surface area contributed by atoms with Crippen molar-refractivity contribution in [1.29, 1.82) is 0 Å². The first-order valence-electron chi connectivity index (χ1n) is 8.26. The van der Waals surface area contributed by atoms with Gasteiger partial charge in [0, 0.05) is 22.8 Å². The number of nitrogens with zero attached hydrogens (tertiary/aromatic N) is 1. The molecule has 6 nitrogen and oxygen atoms in total. The first-order valence-corrected chi connectivity index (χ1v) is 8.26. The Bertz CT molecular complexity index is 918. The minimum absolute atomic E-state index is 0.0129. The summed E-state index contributed by atoms with van der Waals surface area (Å²) in [6.07, 6.45) is 1.72. The van der Waals surface area contributed by atoms with Crippen LogP contribution in [0.25, 0.3) is 10.9 Å². The molecule has 0 spiro atoms. The van der Waals surface area contributed by atoms with Gasteiger partial charge in [0.25, 0.3) is 0 Å². The van der Waals surface area contributed by atoms with Gasteiger partial charge in [-0.3, -0.25) is 9.78 Å². The zero-order valence-corrected chi connectivity index (χ0v) is 14.4. The maximum Gasteiger partial charge on any atom is 0.319 e. The molecule has 0 fully saturated rings. The quantitative estimate of drug-likeness (QED) is 0.526. The maximum absolute atomic E-state index is 11.9. The van der Waals surface area contributed by atoms with E-state index in [1.165, 1.54) is 6.92 Å². The molecule has 2 amide bonds. The van der Waals surface area contributed by atoms with E-state index in [0.29, 0.717) is 30.2 Å². The van der Waals surface area contributed by atoms with E-state index < -0.39 is 0 Å². The molecule has 0 aliphatic heterocycles. The fraction of sp³-hybridized carbons (Fsp3) is 0.150. The fourth-order valence-electron chi connectivity index (χ4n) is 2.48. The second kappa shape index (κ2) is 8.11. The van der Waals surface area contributed by atoms with E-state index in [0.717, 1.165) is 10.9 Å². The third-order valence-electron chi connectivity index (χ3n) is 3.79. The minimum Gasteiger partial charge on any atom is -0.489 e. The van der Waals surface area contributed by atoms with Gasteiger partial charge < -0.3 is 15.4 Å². The summed E-state index contributed by atoms with van der Waals surface area (Å²) in [6.45, 7) is 2.17. The molecular weight excluding hydrogens is 330 g/mol. The SMILES string of the molecule is CC(=O)c1ccc(NC(=O)NCCOc2cccc3cccnc23)cc1. The monoisotopic (exact) mass is 349 g/mol. The van der Waals surface area contributed by atoms with Gasteiger partial charge in [-0.2, -0.15) is 0 Å². The van der Waals surface area contributed by atoms with Gasteiger partial charge in [0.1, 0.15) is 17.9 Å². The Morgan fingerprint density at radius 1 is 1.04 bits per heavy atom. The molecule has 1 heterocycles. The summed E-state index contributed by atoms with van der Waals surface area (Å²) < 4.78 is 5.72. The zero-order valence-electron chi connectivity index (χ0n) is 14.4. The van der Waals surface area contributed by atoms with Crippen LogP contribution in [0, 0.1) is 0 Å². The molecule has 0 saturated heterocycles. The number of urea groups is 1. The molecule has 132 valence electrons. The Morgan fingerprint density at radius 2 is 1.81 bits per heavy atom. The largest absolute Gasteiger partial charge is 0.489 e. The number of rotatable bonds is 6. The van der Waals surface area contributed by atoms with Crippen LogP contribution in [0.4, 0.5) is 10.5 Å². The standard InChI is InChI=1S/C20H19N3O3/c1-14(24)15-7-9-17(10-8-15)23-20(25)22-12-13-26-18-6-2-4-16-5-3-11-21-19(16)18/h2-11H,12-13H2,1H3,(H2,22,23,25). The van der Waals surface area contributed by atoms with Crippen molar-refractivity contribution in [3.05, 3.63) is 66.4 Å². The van der Waals surface area contributed by atoms with Gasteiger partial charge in [-0.15, -0.1) is 0 Å². The van der Waals surface area contributed by atoms with Gasteiger partial charge in [-0.05, 0) is 43.3 Å². The van der Waals surface area contributed by atoms with Gasteiger partial charge in [0.05, 0.1) is 6.54 Å². The number of para-hydroxylation sites is 1. The van der Waals surface area contributed by atoms with Crippen LogP contribution < -0.4 is 15.4 Å². The van der Waals surface area contributed by atoms with Crippen molar-refractivity contribution in [2.45, 2.75) is 6.92 Å². The number of benzene rings is 2. The van der Waals surface area contributed by atoms with Crippen molar-refractivity contribution in [3.8, 4) is 5.75 Å². The third kappa shape index (κ3) is 4.36. The number of anilines is 1. The number of amides is 2. The number of carbonyl (C=O) groups excluding carboxylic acids is 2. The number of Topliss-reactive ketones (excluding diaryl/α,β-unsaturated/α-hetero) is 1. The number of carbonyl (C=O) groups is 2. The average molecular weight is 349 g/mol. The van der Waals surface area contributed by atoms with Crippen molar-refractivity contribution in [2.24, 2.45) is 0 Å². The highest BCUT2D eigenvalue weighted by molar-refractivity contribution is 5.95. The van der Waals surface area contributed by atoms with Crippen molar-refractivity contribution in [1.82, 2.24) is 10.3 Å². The van der Waals surface area contributed by atoms with Gasteiger partial charge in [-0.1, -0.05) is 18.2 Å². The molecule has 1 aromatic heterocycles. The van der Waals surface area contributed by atoms with Crippen molar-refractivity contribution >= 4 is 28.4 Å². The number of nitrogens with one attached hydrogen (secondary N) is 2. The van der Waals surface area contributed by atoms with E-state index in [1.807, 2.05) is 30.3 Å². The second-order valence-electron chi connectivity index (χ2n) is 5.69. The summed E-state index contributed by atoms with van der Waals surface area (Å²) in [5.41, 5.74) is 2.02. The molecule has 0 unspecified atom stereocenters. The van der Waals surface area contributed by atoms with Crippen LogP contribution in [0.2, 0.25) is 0 Å². The van der Waals surface area contributed by atoms with E-state index in [9.17, 15) is 9.59 Å². The topological polar surface area (TPSA) is 80.3 Å². The molecule has 2 N–H and O–H groups in total. The number of pyridine rings is 1. The summed E-state index contributed by atoms with van der Waals surface area (Å²) in [6, 6.07) is 16.0. The summed E-state index contributed by atoms with van der Waals surface area (Å²) >= 11 is 0. The van der Waals surface area contributed by atoms with Crippen molar-refractivity contribution < 1.29 is 14.3 Å². The number of hydrogen-bond acceptors (Lipinski definition) is 4. The molecule has 0 atom stereocenters. The van der Waals surface area contributed by atoms with Crippen LogP contribution in [0.15, 0.2) is 60.8 Å². The number of hydrogen-bond donors (Lipinski definition) is 2. The number of fused-ring (bicyclic) bond motifs is 1. The second-order valence-corrected chi connectivity index (χ2v) is 5.69. The Balaban J connectivity index is 1.47. The van der Waals surface area contributed by atoms with Gasteiger partial charge >= 0.3 is 6.03 Å². The van der Waals surface area contributed by atoms with E-state index in [1.54, 1.807) is 30.5 Å². The van der Waals surface area contributed by atoms with Crippen molar-refractivity contribution in [3.63, 3.8) is 0 Å². The van der Waals surface area contributed by atoms with E-state index >= 15 is 0 Å². The molecule has 3 aromatic rings. The molecule has 2 aromatic carbocycles. The Hall–Kier alpha value is -3.41. The predicted molar refractivity (Wildman–Crippen MR) is 101 cm³/mol. The van der Waals surface area contributed by atoms with Crippen molar-refractivity contribution in [2.75, 3.05) is 18.5 Å². The van der Waals surface area contributed by atoms with E-state index in [-0.39, 0.29) is 11.8 Å². The maximum atomic E-state index is 11.9. The van der Waals surface area contributed by atoms with E-state index in [2.05, 4.69) is 15.6 Å². The van der Waals surface area contributed by atoms with E-state index in [4.69, 9.17) is 4.74 Å². The molecular formula is C20H19N3O3. The highest BCUT2D eigenvalue weighted by Gasteiger charge is 2.05. The number of ketones is 1. The van der Waals surface area contributed by atoms with Gasteiger partial charge in [-0.25, -0.2) is 4.79 Å². The molecule has 3 rings (SSSR count). The zero-order chi connectivity index (χ0) is 18.4. The molecule has 0 aliphatic carbocycles. The first-order chi connectivity index (χ1) is 12.6. The van der Waals surface area contributed by atoms with Crippen LogP contribution in [0.3, 0.4) is 0 Å². The molecule has 0 radical (unpaired) electrons. The lowest BCUT2D eigenvalue weighted by molar-refractivity contribution is 0.101. The summed E-state index contributed by atoms with van der Waals surface area (Å²) in [4.78, 5) is 27.5. The average Bonchev–Trinajstić information content (AvgIpc) is 2.66. The van der Waals surface area contributed by atoms with Crippen LogP contribution in [-0.2, 0) is 0 Å². The normalized spacial score (nSPS) is 10.3. The molecule has 0 aliphatic rings. The lowest BCUT2D eigenvalue weighted by Gasteiger charge is -2.10. The number of ether oxygens (including phenoxy) is 1. The molecule has 26 heavy (non-hydrogen) atoms. The number of aromatic nitrogens is 1. The lowest BCUT2D eigenvalue weighted by atomic mass is 10.1. The summed E-state index contributed by atoms with van der Waals surface area (Å²) in [7, 11) is 0. The van der Waals surface area contributed by atoms with Crippen LogP contribution in [-0.4, -0.2) is 29.9 Å². The Kier molecular flexibility index (Phi) is 5.43. The summed E-state index contributed by atoms with van der Waals surface area (Å²) in [5.74, 6) is 0.672. The molecule has 0 saturated carbocycles. The fourth-order valence-corrected chi connectivity index (χ4v) is 2.48. The molecule has 6 heteroatoms. The summed E-state index contributed by atoms with van der Waals surface area (Å²) in [5, 5.41) is 6.44.